The van der Waals surface area contributed by atoms with Gasteiger partial charge in [-0.1, -0.05) is 12.1 Å². The maximum Gasteiger partial charge on any atom is 0.242 e. The Morgan fingerprint density at radius 2 is 2.47 bits per heavy atom. The number of hydrogen-bond donors (Lipinski definition) is 2. The van der Waals surface area contributed by atoms with E-state index in [1.165, 1.54) is 0 Å². The number of aromatic nitrogens is 1. The van der Waals surface area contributed by atoms with Gasteiger partial charge in [0.1, 0.15) is 5.76 Å². The molecule has 6 heteroatoms. The summed E-state index contributed by atoms with van der Waals surface area (Å²) in [5.74, 6) is 1.05. The number of carbonyl (C=O) groups is 1. The highest BCUT2D eigenvalue weighted by atomic mass is 16.5. The van der Waals surface area contributed by atoms with Crippen LogP contribution in [0.2, 0.25) is 0 Å². The summed E-state index contributed by atoms with van der Waals surface area (Å²) in [7, 11) is 0. The van der Waals surface area contributed by atoms with E-state index in [-0.39, 0.29) is 18.1 Å². The molecule has 1 aliphatic heterocycles. The van der Waals surface area contributed by atoms with Crippen molar-refractivity contribution < 1.29 is 14.1 Å². The molecule has 0 aliphatic carbocycles. The Hall–Kier alpha value is -1.40. The van der Waals surface area contributed by atoms with Crippen molar-refractivity contribution in [3.63, 3.8) is 0 Å². The minimum atomic E-state index is -0.235. The molecule has 1 aromatic rings. The SMILES string of the molecule is CC[C@@H](NC[C@@H]1CCCO1)C(=O)Nc1cc(C)on1. The summed E-state index contributed by atoms with van der Waals surface area (Å²) in [6.45, 7) is 5.30. The topological polar surface area (TPSA) is 76.4 Å². The van der Waals surface area contributed by atoms with Gasteiger partial charge in [-0.15, -0.1) is 0 Å². The normalized spacial score (nSPS) is 20.4. The lowest BCUT2D eigenvalue weighted by Crippen LogP contribution is -2.43. The summed E-state index contributed by atoms with van der Waals surface area (Å²) in [5, 5.41) is 9.74. The molecule has 19 heavy (non-hydrogen) atoms. The highest BCUT2D eigenvalue weighted by molar-refractivity contribution is 5.93. The van der Waals surface area contributed by atoms with Gasteiger partial charge in [0, 0.05) is 19.2 Å². The second kappa shape index (κ2) is 6.68. The van der Waals surface area contributed by atoms with E-state index in [9.17, 15) is 4.79 Å². The number of amides is 1. The fraction of sp³-hybridized carbons (Fsp3) is 0.692. The van der Waals surface area contributed by atoms with Crippen molar-refractivity contribution in [1.82, 2.24) is 10.5 Å². The Labute approximate surface area is 112 Å². The average Bonchev–Trinajstić information content (AvgIpc) is 3.02. The van der Waals surface area contributed by atoms with E-state index in [1.54, 1.807) is 13.0 Å². The van der Waals surface area contributed by atoms with Crippen molar-refractivity contribution in [2.24, 2.45) is 0 Å². The van der Waals surface area contributed by atoms with Crippen molar-refractivity contribution in [1.29, 1.82) is 0 Å². The van der Waals surface area contributed by atoms with Gasteiger partial charge in [-0.3, -0.25) is 4.79 Å². The first-order valence-electron chi connectivity index (χ1n) is 6.78. The van der Waals surface area contributed by atoms with Crippen molar-refractivity contribution in [2.45, 2.75) is 45.3 Å². The van der Waals surface area contributed by atoms with Crippen LogP contribution in [0.15, 0.2) is 10.6 Å². The Morgan fingerprint density at radius 1 is 1.63 bits per heavy atom. The van der Waals surface area contributed by atoms with Gasteiger partial charge in [0.25, 0.3) is 0 Å². The molecule has 106 valence electrons. The molecule has 2 rings (SSSR count). The third kappa shape index (κ3) is 4.04. The molecular weight excluding hydrogens is 246 g/mol. The number of ether oxygens (including phenoxy) is 1. The van der Waals surface area contributed by atoms with Gasteiger partial charge in [0.15, 0.2) is 5.82 Å². The molecule has 1 saturated heterocycles. The summed E-state index contributed by atoms with van der Waals surface area (Å²) < 4.78 is 10.4. The molecule has 0 spiro atoms. The number of carbonyl (C=O) groups excluding carboxylic acids is 1. The molecular formula is C13H21N3O3. The Bertz CT molecular complexity index is 413. The van der Waals surface area contributed by atoms with E-state index in [4.69, 9.17) is 9.26 Å². The van der Waals surface area contributed by atoms with Gasteiger partial charge in [-0.25, -0.2) is 0 Å². The fourth-order valence-electron chi connectivity index (χ4n) is 2.14. The molecule has 2 N–H and O–H groups in total. The molecule has 1 aromatic heterocycles. The van der Waals surface area contributed by atoms with E-state index in [0.717, 1.165) is 25.9 Å². The molecule has 6 nitrogen and oxygen atoms in total. The first kappa shape index (κ1) is 14.0. The first-order valence-corrected chi connectivity index (χ1v) is 6.78. The van der Waals surface area contributed by atoms with E-state index in [0.29, 0.717) is 18.1 Å². The van der Waals surface area contributed by atoms with Crippen LogP contribution in [-0.2, 0) is 9.53 Å². The van der Waals surface area contributed by atoms with Gasteiger partial charge < -0.3 is 19.9 Å². The van der Waals surface area contributed by atoms with Gasteiger partial charge >= 0.3 is 0 Å². The molecule has 1 aliphatic rings. The smallest absolute Gasteiger partial charge is 0.242 e. The number of aryl methyl sites for hydroxylation is 1. The lowest BCUT2D eigenvalue weighted by atomic mass is 10.2. The van der Waals surface area contributed by atoms with Crippen molar-refractivity contribution in [2.75, 3.05) is 18.5 Å². The van der Waals surface area contributed by atoms with Crippen LogP contribution in [-0.4, -0.2) is 36.4 Å². The third-order valence-corrected chi connectivity index (χ3v) is 3.22. The van der Waals surface area contributed by atoms with Crippen LogP contribution in [0.25, 0.3) is 0 Å². The largest absolute Gasteiger partial charge is 0.377 e. The zero-order chi connectivity index (χ0) is 13.7. The number of nitrogens with one attached hydrogen (secondary N) is 2. The molecule has 0 unspecified atom stereocenters. The highest BCUT2D eigenvalue weighted by Gasteiger charge is 2.21. The van der Waals surface area contributed by atoms with Crippen molar-refractivity contribution in [3.8, 4) is 0 Å². The lowest BCUT2D eigenvalue weighted by Gasteiger charge is -2.18. The highest BCUT2D eigenvalue weighted by Crippen LogP contribution is 2.12. The predicted molar refractivity (Wildman–Crippen MR) is 70.9 cm³/mol. The minimum Gasteiger partial charge on any atom is -0.377 e. The molecule has 1 fully saturated rings. The molecule has 0 aromatic carbocycles. The van der Waals surface area contributed by atoms with Gasteiger partial charge in [-0.2, -0.15) is 0 Å². The van der Waals surface area contributed by atoms with E-state index in [2.05, 4.69) is 15.8 Å². The van der Waals surface area contributed by atoms with E-state index >= 15 is 0 Å². The maximum absolute atomic E-state index is 12.1. The zero-order valence-electron chi connectivity index (χ0n) is 11.4. The second-order valence-corrected chi connectivity index (χ2v) is 4.82. The van der Waals surface area contributed by atoms with Crippen LogP contribution in [0.4, 0.5) is 5.82 Å². The summed E-state index contributed by atoms with van der Waals surface area (Å²) in [6.07, 6.45) is 3.12. The van der Waals surface area contributed by atoms with Crippen LogP contribution >= 0.6 is 0 Å². The number of anilines is 1. The molecule has 0 radical (unpaired) electrons. The number of nitrogens with zero attached hydrogens (tertiary/aromatic N) is 1. The maximum atomic E-state index is 12.1. The molecule has 0 bridgehead atoms. The lowest BCUT2D eigenvalue weighted by molar-refractivity contribution is -0.118. The van der Waals surface area contributed by atoms with Gasteiger partial charge in [0.2, 0.25) is 5.91 Å². The van der Waals surface area contributed by atoms with Crippen LogP contribution in [0.3, 0.4) is 0 Å². The van der Waals surface area contributed by atoms with E-state index in [1.807, 2.05) is 6.92 Å². The third-order valence-electron chi connectivity index (χ3n) is 3.22. The van der Waals surface area contributed by atoms with Crippen LogP contribution in [0, 0.1) is 6.92 Å². The zero-order valence-corrected chi connectivity index (χ0v) is 11.4. The quantitative estimate of drug-likeness (QED) is 0.816. The summed E-state index contributed by atoms with van der Waals surface area (Å²) in [5.41, 5.74) is 0. The van der Waals surface area contributed by atoms with Gasteiger partial charge in [-0.05, 0) is 26.2 Å². The number of hydrogen-bond acceptors (Lipinski definition) is 5. The fourth-order valence-corrected chi connectivity index (χ4v) is 2.14. The number of rotatable bonds is 6. The van der Waals surface area contributed by atoms with Gasteiger partial charge in [0.05, 0.1) is 12.1 Å². The molecule has 0 saturated carbocycles. The second-order valence-electron chi connectivity index (χ2n) is 4.82. The van der Waals surface area contributed by atoms with Crippen LogP contribution < -0.4 is 10.6 Å². The summed E-state index contributed by atoms with van der Waals surface area (Å²) in [6, 6.07) is 1.46. The summed E-state index contributed by atoms with van der Waals surface area (Å²) >= 11 is 0. The Morgan fingerprint density at radius 3 is 3.05 bits per heavy atom. The monoisotopic (exact) mass is 267 g/mol. The first-order chi connectivity index (χ1) is 9.19. The summed E-state index contributed by atoms with van der Waals surface area (Å²) in [4.78, 5) is 12.1. The van der Waals surface area contributed by atoms with E-state index < -0.39 is 0 Å². The Kier molecular flexibility index (Phi) is 4.93. The molecule has 1 amide bonds. The van der Waals surface area contributed by atoms with Crippen molar-refractivity contribution in [3.05, 3.63) is 11.8 Å². The molecule has 2 atom stereocenters. The Balaban J connectivity index is 1.80. The average molecular weight is 267 g/mol. The predicted octanol–water partition coefficient (Wildman–Crippen LogP) is 1.47. The minimum absolute atomic E-state index is 0.0891. The van der Waals surface area contributed by atoms with Crippen LogP contribution in [0.5, 0.6) is 0 Å². The van der Waals surface area contributed by atoms with Crippen LogP contribution in [0.1, 0.15) is 31.9 Å². The standard InChI is InChI=1S/C13H21N3O3/c1-3-11(14-8-10-5-4-6-18-10)13(17)15-12-7-9(2)19-16-12/h7,10-11,14H,3-6,8H2,1-2H3,(H,15,16,17)/t10-,11+/m0/s1. The molecule has 2 heterocycles. The van der Waals surface area contributed by atoms with Crippen molar-refractivity contribution >= 4 is 11.7 Å².